The van der Waals surface area contributed by atoms with E-state index < -0.39 is 5.97 Å². The molecule has 4 unspecified atom stereocenters. The molecule has 0 amide bonds. The van der Waals surface area contributed by atoms with Crippen molar-refractivity contribution in [1.82, 2.24) is 4.90 Å². The van der Waals surface area contributed by atoms with Crippen molar-refractivity contribution in [3.63, 3.8) is 0 Å². The van der Waals surface area contributed by atoms with Crippen LogP contribution in [0.5, 0.6) is 0 Å². The van der Waals surface area contributed by atoms with Crippen molar-refractivity contribution in [2.75, 3.05) is 13.1 Å². The molecule has 0 bridgehead atoms. The molecule has 1 aromatic rings. The topological polar surface area (TPSA) is 40.5 Å². The molecule has 1 aliphatic heterocycles. The van der Waals surface area contributed by atoms with Crippen LogP contribution in [0.1, 0.15) is 45.1 Å². The molecule has 1 N–H and O–H groups in total. The minimum Gasteiger partial charge on any atom is -0.481 e. The Balaban J connectivity index is 1.71. The molecule has 2 fully saturated rings. The monoisotopic (exact) mass is 301 g/mol. The smallest absolute Gasteiger partial charge is 0.307 e. The lowest BCUT2D eigenvalue weighted by molar-refractivity contribution is -0.144. The fourth-order valence-corrected chi connectivity index (χ4v) is 4.49. The number of likely N-dealkylation sites (tertiary alicyclic amines) is 1. The highest BCUT2D eigenvalue weighted by atomic mass is 16.4. The zero-order valence-corrected chi connectivity index (χ0v) is 13.7. The van der Waals surface area contributed by atoms with Gasteiger partial charge in [-0.3, -0.25) is 9.69 Å². The van der Waals surface area contributed by atoms with Crippen LogP contribution in [0.4, 0.5) is 0 Å². The second kappa shape index (κ2) is 6.04. The number of piperidine rings is 1. The predicted molar refractivity (Wildman–Crippen MR) is 87.9 cm³/mol. The molecular formula is C19H27NO2. The summed E-state index contributed by atoms with van der Waals surface area (Å²) >= 11 is 0. The average Bonchev–Trinajstić information content (AvgIpc) is 2.91. The molecule has 1 saturated carbocycles. The van der Waals surface area contributed by atoms with Crippen LogP contribution < -0.4 is 0 Å². The third-order valence-electron chi connectivity index (χ3n) is 5.74. The third kappa shape index (κ3) is 3.05. The number of hydrogen-bond acceptors (Lipinski definition) is 2. The van der Waals surface area contributed by atoms with Gasteiger partial charge < -0.3 is 5.11 Å². The first-order valence-electron chi connectivity index (χ1n) is 8.50. The summed E-state index contributed by atoms with van der Waals surface area (Å²) in [6, 6.07) is 11.3. The predicted octanol–water partition coefficient (Wildman–Crippen LogP) is 3.54. The zero-order chi connectivity index (χ0) is 15.7. The molecule has 1 heterocycles. The van der Waals surface area contributed by atoms with E-state index in [0.717, 1.165) is 25.9 Å². The second-order valence-corrected chi connectivity index (χ2v) is 7.65. The molecule has 22 heavy (non-hydrogen) atoms. The zero-order valence-electron chi connectivity index (χ0n) is 13.7. The normalized spacial score (nSPS) is 36.4. The first-order valence-corrected chi connectivity index (χ1v) is 8.50. The van der Waals surface area contributed by atoms with E-state index in [1.165, 1.54) is 18.4 Å². The van der Waals surface area contributed by atoms with Crippen molar-refractivity contribution in [1.29, 1.82) is 0 Å². The molecule has 1 aromatic carbocycles. The molecule has 3 heteroatoms. The Hall–Kier alpha value is -1.35. The summed E-state index contributed by atoms with van der Waals surface area (Å²) < 4.78 is 0. The summed E-state index contributed by atoms with van der Waals surface area (Å²) in [6.07, 6.45) is 4.36. The van der Waals surface area contributed by atoms with Gasteiger partial charge in [-0.15, -0.1) is 0 Å². The summed E-state index contributed by atoms with van der Waals surface area (Å²) in [5.74, 6) is -0.328. The van der Waals surface area contributed by atoms with Gasteiger partial charge in [-0.1, -0.05) is 44.2 Å². The van der Waals surface area contributed by atoms with Gasteiger partial charge in [-0.2, -0.15) is 0 Å². The quantitative estimate of drug-likeness (QED) is 0.928. The van der Waals surface area contributed by atoms with Crippen LogP contribution in [-0.4, -0.2) is 35.1 Å². The standard InChI is InChI=1S/C19H27NO2/c1-14-10-15(18(21)22)13-20(12-14)17-8-9-19(2,11-17)16-6-4-3-5-7-16/h3-7,14-15,17H,8-13H2,1-2H3,(H,21,22). The van der Waals surface area contributed by atoms with Crippen molar-refractivity contribution in [2.45, 2.75) is 51.0 Å². The number of nitrogens with zero attached hydrogens (tertiary/aromatic N) is 1. The molecule has 1 aliphatic carbocycles. The largest absolute Gasteiger partial charge is 0.481 e. The van der Waals surface area contributed by atoms with E-state index in [4.69, 9.17) is 0 Å². The number of benzene rings is 1. The fraction of sp³-hybridized carbons (Fsp3) is 0.632. The number of carboxylic acid groups (broad SMARTS) is 1. The van der Waals surface area contributed by atoms with Gasteiger partial charge in [0.1, 0.15) is 0 Å². The fourth-order valence-electron chi connectivity index (χ4n) is 4.49. The van der Waals surface area contributed by atoms with E-state index in [2.05, 4.69) is 49.1 Å². The van der Waals surface area contributed by atoms with Gasteiger partial charge in [-0.25, -0.2) is 0 Å². The van der Waals surface area contributed by atoms with E-state index in [1.807, 2.05) is 0 Å². The highest BCUT2D eigenvalue weighted by Gasteiger charge is 2.41. The molecular weight excluding hydrogens is 274 g/mol. The molecule has 1 saturated heterocycles. The van der Waals surface area contributed by atoms with Crippen LogP contribution in [0.3, 0.4) is 0 Å². The minimum atomic E-state index is -0.625. The van der Waals surface area contributed by atoms with E-state index >= 15 is 0 Å². The van der Waals surface area contributed by atoms with E-state index in [1.54, 1.807) is 0 Å². The number of carbonyl (C=O) groups is 1. The Bertz CT molecular complexity index is 529. The molecule has 3 nitrogen and oxygen atoms in total. The first kappa shape index (κ1) is 15.5. The third-order valence-corrected chi connectivity index (χ3v) is 5.74. The number of rotatable bonds is 3. The number of aliphatic carboxylic acids is 1. The van der Waals surface area contributed by atoms with E-state index in [-0.39, 0.29) is 11.3 Å². The Morgan fingerprint density at radius 2 is 2.00 bits per heavy atom. The van der Waals surface area contributed by atoms with Crippen molar-refractivity contribution in [3.8, 4) is 0 Å². The van der Waals surface area contributed by atoms with Crippen LogP contribution in [0.25, 0.3) is 0 Å². The summed E-state index contributed by atoms with van der Waals surface area (Å²) in [4.78, 5) is 13.8. The Kier molecular flexibility index (Phi) is 4.26. The lowest BCUT2D eigenvalue weighted by Crippen LogP contribution is -2.47. The van der Waals surface area contributed by atoms with Crippen LogP contribution in [0.2, 0.25) is 0 Å². The van der Waals surface area contributed by atoms with Crippen molar-refractivity contribution in [2.24, 2.45) is 11.8 Å². The van der Waals surface area contributed by atoms with E-state index in [0.29, 0.717) is 12.0 Å². The van der Waals surface area contributed by atoms with Crippen LogP contribution >= 0.6 is 0 Å². The van der Waals surface area contributed by atoms with Crippen molar-refractivity contribution >= 4 is 5.97 Å². The lowest BCUT2D eigenvalue weighted by Gasteiger charge is -2.39. The maximum absolute atomic E-state index is 11.4. The van der Waals surface area contributed by atoms with Gasteiger partial charge in [0.2, 0.25) is 0 Å². The summed E-state index contributed by atoms with van der Waals surface area (Å²) in [5, 5.41) is 9.37. The molecule has 2 aliphatic rings. The average molecular weight is 301 g/mol. The van der Waals surface area contributed by atoms with Crippen molar-refractivity contribution in [3.05, 3.63) is 35.9 Å². The van der Waals surface area contributed by atoms with Gasteiger partial charge in [0, 0.05) is 19.1 Å². The number of hydrogen-bond donors (Lipinski definition) is 1. The molecule has 0 aromatic heterocycles. The van der Waals surface area contributed by atoms with Crippen LogP contribution in [0.15, 0.2) is 30.3 Å². The summed E-state index contributed by atoms with van der Waals surface area (Å²) in [6.45, 7) is 6.34. The highest BCUT2D eigenvalue weighted by Crippen LogP contribution is 2.43. The summed E-state index contributed by atoms with van der Waals surface area (Å²) in [7, 11) is 0. The van der Waals surface area contributed by atoms with E-state index in [9.17, 15) is 9.90 Å². The number of carboxylic acids is 1. The Morgan fingerprint density at radius 1 is 1.27 bits per heavy atom. The first-order chi connectivity index (χ1) is 10.5. The Morgan fingerprint density at radius 3 is 2.68 bits per heavy atom. The summed E-state index contributed by atoms with van der Waals surface area (Å²) in [5.41, 5.74) is 1.67. The SMILES string of the molecule is CC1CC(C(=O)O)CN(C2CCC(C)(c3ccccc3)C2)C1. The van der Waals surface area contributed by atoms with Gasteiger partial charge in [0.25, 0.3) is 0 Å². The minimum absolute atomic E-state index is 0.188. The molecule has 0 spiro atoms. The Labute approximate surface area is 133 Å². The second-order valence-electron chi connectivity index (χ2n) is 7.65. The van der Waals surface area contributed by atoms with Crippen molar-refractivity contribution < 1.29 is 9.90 Å². The maximum Gasteiger partial charge on any atom is 0.307 e. The maximum atomic E-state index is 11.4. The van der Waals surface area contributed by atoms with Gasteiger partial charge >= 0.3 is 5.97 Å². The van der Waals surface area contributed by atoms with Gasteiger partial charge in [0.05, 0.1) is 5.92 Å². The van der Waals surface area contributed by atoms with Crippen LogP contribution in [-0.2, 0) is 10.2 Å². The van der Waals surface area contributed by atoms with Gasteiger partial charge in [-0.05, 0) is 42.6 Å². The molecule has 120 valence electrons. The highest BCUT2D eigenvalue weighted by molar-refractivity contribution is 5.70. The molecule has 4 atom stereocenters. The van der Waals surface area contributed by atoms with Gasteiger partial charge in [0.15, 0.2) is 0 Å². The lowest BCUT2D eigenvalue weighted by atomic mass is 9.80. The van der Waals surface area contributed by atoms with Crippen LogP contribution in [0, 0.1) is 11.8 Å². The molecule has 0 radical (unpaired) electrons. The molecule has 3 rings (SSSR count).